The fourth-order valence-corrected chi connectivity index (χ4v) is 3.78. The minimum absolute atomic E-state index is 0.404. The SMILES string of the molecule is [CH2]CCCCCNC(c1ccccc1)(c1ccccc1)c1ccc(OC)cc1. The second kappa shape index (κ2) is 10.1. The Labute approximate surface area is 169 Å². The zero-order valence-electron chi connectivity index (χ0n) is 16.7. The van der Waals surface area contributed by atoms with E-state index >= 15 is 0 Å². The van der Waals surface area contributed by atoms with Crippen LogP contribution in [0.1, 0.15) is 42.4 Å². The number of benzene rings is 3. The Kier molecular flexibility index (Phi) is 7.27. The molecule has 0 unspecified atom stereocenters. The molecule has 0 aromatic heterocycles. The van der Waals surface area contributed by atoms with E-state index in [4.69, 9.17) is 4.74 Å². The monoisotopic (exact) mass is 372 g/mol. The van der Waals surface area contributed by atoms with E-state index in [2.05, 4.69) is 85.0 Å². The molecule has 3 rings (SSSR count). The van der Waals surface area contributed by atoms with Gasteiger partial charge >= 0.3 is 0 Å². The number of rotatable bonds is 10. The van der Waals surface area contributed by atoms with E-state index in [1.54, 1.807) is 7.11 Å². The van der Waals surface area contributed by atoms with Crippen LogP contribution >= 0.6 is 0 Å². The Morgan fingerprint density at radius 3 is 1.75 bits per heavy atom. The van der Waals surface area contributed by atoms with Crippen molar-refractivity contribution >= 4 is 0 Å². The summed E-state index contributed by atoms with van der Waals surface area (Å²) in [6.45, 7) is 4.90. The van der Waals surface area contributed by atoms with Crippen molar-refractivity contribution in [1.82, 2.24) is 5.32 Å². The summed E-state index contributed by atoms with van der Waals surface area (Å²) in [7, 11) is 1.71. The third-order valence-electron chi connectivity index (χ3n) is 5.25. The molecular formula is C26H30NO. The fraction of sp³-hybridized carbons (Fsp3) is 0.269. The third-order valence-corrected chi connectivity index (χ3v) is 5.25. The summed E-state index contributed by atoms with van der Waals surface area (Å²) >= 11 is 0. The standard InChI is InChI=1S/C26H30NO/c1-3-4-5-12-21-27-26(22-13-8-6-9-14-22,23-15-10-7-11-16-23)24-17-19-25(28-2)20-18-24/h6-11,13-20,27H,1,3-5,12,21H2,2H3. The van der Waals surface area contributed by atoms with Crippen LogP contribution in [0.25, 0.3) is 0 Å². The average molecular weight is 373 g/mol. The zero-order valence-corrected chi connectivity index (χ0v) is 16.7. The topological polar surface area (TPSA) is 21.3 Å². The van der Waals surface area contributed by atoms with Gasteiger partial charge in [0.2, 0.25) is 0 Å². The highest BCUT2D eigenvalue weighted by molar-refractivity contribution is 5.50. The fourth-order valence-electron chi connectivity index (χ4n) is 3.78. The van der Waals surface area contributed by atoms with E-state index in [-0.39, 0.29) is 0 Å². The van der Waals surface area contributed by atoms with Gasteiger partial charge in [0.1, 0.15) is 5.75 Å². The van der Waals surface area contributed by atoms with Crippen molar-refractivity contribution < 1.29 is 4.74 Å². The summed E-state index contributed by atoms with van der Waals surface area (Å²) in [4.78, 5) is 0. The maximum absolute atomic E-state index is 5.39. The Bertz CT molecular complexity index is 773. The van der Waals surface area contributed by atoms with Gasteiger partial charge in [0.25, 0.3) is 0 Å². The summed E-state index contributed by atoms with van der Waals surface area (Å²) in [6.07, 6.45) is 4.50. The predicted molar refractivity (Wildman–Crippen MR) is 118 cm³/mol. The van der Waals surface area contributed by atoms with E-state index in [0.717, 1.165) is 25.1 Å². The molecule has 1 radical (unpaired) electrons. The van der Waals surface area contributed by atoms with Crippen molar-refractivity contribution in [2.45, 2.75) is 31.2 Å². The van der Waals surface area contributed by atoms with Crippen molar-refractivity contribution in [3.05, 3.63) is 109 Å². The first kappa shape index (κ1) is 20.2. The first-order chi connectivity index (χ1) is 13.8. The van der Waals surface area contributed by atoms with Gasteiger partial charge in [0.15, 0.2) is 0 Å². The van der Waals surface area contributed by atoms with E-state index in [9.17, 15) is 0 Å². The van der Waals surface area contributed by atoms with Crippen LogP contribution in [0, 0.1) is 6.92 Å². The Hall–Kier alpha value is -2.58. The lowest BCUT2D eigenvalue weighted by molar-refractivity contribution is 0.413. The molecule has 0 atom stereocenters. The van der Waals surface area contributed by atoms with Crippen molar-refractivity contribution in [2.75, 3.05) is 13.7 Å². The van der Waals surface area contributed by atoms with Gasteiger partial charge in [0.05, 0.1) is 12.6 Å². The van der Waals surface area contributed by atoms with E-state index in [1.807, 2.05) is 12.1 Å². The summed E-state index contributed by atoms with van der Waals surface area (Å²) in [5, 5.41) is 3.92. The molecular weight excluding hydrogens is 342 g/mol. The highest BCUT2D eigenvalue weighted by Gasteiger charge is 2.35. The lowest BCUT2D eigenvalue weighted by Gasteiger charge is -2.37. The first-order valence-corrected chi connectivity index (χ1v) is 10.1. The summed E-state index contributed by atoms with van der Waals surface area (Å²) in [6, 6.07) is 29.8. The number of methoxy groups -OCH3 is 1. The molecule has 0 saturated heterocycles. The molecule has 1 N–H and O–H groups in total. The highest BCUT2D eigenvalue weighted by Crippen LogP contribution is 2.37. The molecule has 0 bridgehead atoms. The largest absolute Gasteiger partial charge is 0.497 e. The molecule has 3 aromatic rings. The second-order valence-corrected chi connectivity index (χ2v) is 7.05. The number of hydrogen-bond acceptors (Lipinski definition) is 2. The second-order valence-electron chi connectivity index (χ2n) is 7.05. The molecule has 0 fully saturated rings. The lowest BCUT2D eigenvalue weighted by atomic mass is 9.77. The van der Waals surface area contributed by atoms with Crippen molar-refractivity contribution in [2.24, 2.45) is 0 Å². The Balaban J connectivity index is 2.08. The van der Waals surface area contributed by atoms with E-state index in [0.29, 0.717) is 0 Å². The third kappa shape index (κ3) is 4.45. The average Bonchev–Trinajstić information content (AvgIpc) is 2.78. The van der Waals surface area contributed by atoms with Crippen molar-refractivity contribution in [3.8, 4) is 5.75 Å². The summed E-state index contributed by atoms with van der Waals surface area (Å²) in [5.41, 5.74) is 3.29. The molecule has 0 aliphatic heterocycles. The van der Waals surface area contributed by atoms with Gasteiger partial charge in [-0.15, -0.1) is 0 Å². The lowest BCUT2D eigenvalue weighted by Crippen LogP contribution is -2.45. The number of hydrogen-bond donors (Lipinski definition) is 1. The minimum atomic E-state index is -0.404. The molecule has 28 heavy (non-hydrogen) atoms. The summed E-state index contributed by atoms with van der Waals surface area (Å²) in [5.74, 6) is 0.870. The van der Waals surface area contributed by atoms with Crippen LogP contribution in [0.15, 0.2) is 84.9 Å². The quantitative estimate of drug-likeness (QED) is 0.350. The van der Waals surface area contributed by atoms with Gasteiger partial charge in [-0.25, -0.2) is 0 Å². The number of unbranched alkanes of at least 4 members (excludes halogenated alkanes) is 3. The molecule has 0 aliphatic carbocycles. The number of ether oxygens (including phenoxy) is 1. The van der Waals surface area contributed by atoms with Gasteiger partial charge in [-0.1, -0.05) is 99.0 Å². The van der Waals surface area contributed by atoms with Gasteiger partial charge in [-0.2, -0.15) is 0 Å². The minimum Gasteiger partial charge on any atom is -0.497 e. The molecule has 2 heteroatoms. The van der Waals surface area contributed by atoms with E-state index in [1.165, 1.54) is 29.5 Å². The van der Waals surface area contributed by atoms with Gasteiger partial charge in [-0.05, 0) is 41.8 Å². The van der Waals surface area contributed by atoms with Crippen LogP contribution in [0.5, 0.6) is 5.75 Å². The first-order valence-electron chi connectivity index (χ1n) is 10.1. The Morgan fingerprint density at radius 1 is 0.714 bits per heavy atom. The van der Waals surface area contributed by atoms with Gasteiger partial charge in [-0.3, -0.25) is 5.32 Å². The van der Waals surface area contributed by atoms with Crippen LogP contribution < -0.4 is 10.1 Å². The highest BCUT2D eigenvalue weighted by atomic mass is 16.5. The molecule has 0 amide bonds. The van der Waals surface area contributed by atoms with Crippen LogP contribution in [0.3, 0.4) is 0 Å². The molecule has 145 valence electrons. The van der Waals surface area contributed by atoms with Crippen LogP contribution in [-0.4, -0.2) is 13.7 Å². The predicted octanol–water partition coefficient (Wildman–Crippen LogP) is 5.97. The van der Waals surface area contributed by atoms with Gasteiger partial charge < -0.3 is 4.74 Å². The number of nitrogens with one attached hydrogen (secondary N) is 1. The molecule has 3 aromatic carbocycles. The maximum Gasteiger partial charge on any atom is 0.118 e. The molecule has 0 saturated carbocycles. The zero-order chi connectivity index (χ0) is 19.7. The molecule has 0 spiro atoms. The molecule has 0 aliphatic rings. The van der Waals surface area contributed by atoms with Crippen LogP contribution in [0.4, 0.5) is 0 Å². The van der Waals surface area contributed by atoms with Crippen LogP contribution in [-0.2, 0) is 5.54 Å². The molecule has 2 nitrogen and oxygen atoms in total. The summed E-state index contributed by atoms with van der Waals surface area (Å²) < 4.78 is 5.39. The smallest absolute Gasteiger partial charge is 0.118 e. The maximum atomic E-state index is 5.39. The van der Waals surface area contributed by atoms with Crippen molar-refractivity contribution in [3.63, 3.8) is 0 Å². The normalized spacial score (nSPS) is 11.4. The Morgan fingerprint density at radius 2 is 1.25 bits per heavy atom. The van der Waals surface area contributed by atoms with Gasteiger partial charge in [0, 0.05) is 0 Å². The van der Waals surface area contributed by atoms with Crippen molar-refractivity contribution in [1.29, 1.82) is 0 Å². The van der Waals surface area contributed by atoms with E-state index < -0.39 is 5.54 Å². The van der Waals surface area contributed by atoms with Crippen LogP contribution in [0.2, 0.25) is 0 Å². The molecule has 0 heterocycles.